The van der Waals surface area contributed by atoms with Crippen molar-refractivity contribution in [1.82, 2.24) is 14.9 Å². The molecule has 0 spiro atoms. The number of carbonyl (C=O) groups is 1. The van der Waals surface area contributed by atoms with Crippen LogP contribution in [0, 0.1) is 19.8 Å². The van der Waals surface area contributed by atoms with Crippen molar-refractivity contribution in [2.24, 2.45) is 5.92 Å². The Kier molecular flexibility index (Phi) is 5.43. The number of amides is 1. The molecule has 1 fully saturated rings. The van der Waals surface area contributed by atoms with Gasteiger partial charge in [0.15, 0.2) is 0 Å². The molecule has 5 heteroatoms. The smallest absolute Gasteiger partial charge is 0.274 e. The number of hydrogen-bond donors (Lipinski definition) is 0. The van der Waals surface area contributed by atoms with Crippen LogP contribution in [-0.2, 0) is 11.2 Å². The fourth-order valence-corrected chi connectivity index (χ4v) is 3.52. The number of methoxy groups -OCH3 is 1. The van der Waals surface area contributed by atoms with Gasteiger partial charge in [-0.05, 0) is 38.2 Å². The predicted octanol–water partition coefficient (Wildman–Crippen LogP) is 2.81. The number of piperidine rings is 1. The molecule has 1 saturated heterocycles. The minimum atomic E-state index is -0.0627. The summed E-state index contributed by atoms with van der Waals surface area (Å²) in [7, 11) is 1.73. The van der Waals surface area contributed by atoms with Crippen LogP contribution in [-0.4, -0.2) is 47.1 Å². The minimum Gasteiger partial charge on any atom is -0.379 e. The molecule has 0 saturated carbocycles. The lowest BCUT2D eigenvalue weighted by atomic mass is 9.87. The van der Waals surface area contributed by atoms with Gasteiger partial charge >= 0.3 is 0 Å². The quantitative estimate of drug-likeness (QED) is 0.859. The molecule has 0 unspecified atom stereocenters. The first-order valence-corrected chi connectivity index (χ1v) is 8.73. The molecular weight excluding hydrogens is 314 g/mol. The SMILES string of the molecule is CO[C@@H]1CN(C(=O)c2cncc(C)n2)CC[C@@H]1Cc1cccc(C)c1. The molecule has 3 rings (SSSR count). The number of likely N-dealkylation sites (tertiary alicyclic amines) is 1. The maximum Gasteiger partial charge on any atom is 0.274 e. The Morgan fingerprint density at radius 1 is 1.32 bits per heavy atom. The number of aryl methyl sites for hydroxylation is 2. The molecule has 1 aliphatic heterocycles. The molecule has 0 aliphatic carbocycles. The molecule has 5 nitrogen and oxygen atoms in total. The normalized spacial score (nSPS) is 20.5. The fraction of sp³-hybridized carbons (Fsp3) is 0.450. The van der Waals surface area contributed by atoms with Crippen LogP contribution in [0.1, 0.15) is 33.7 Å². The van der Waals surface area contributed by atoms with E-state index in [0.717, 1.165) is 25.1 Å². The highest BCUT2D eigenvalue weighted by molar-refractivity contribution is 5.92. The second-order valence-corrected chi connectivity index (χ2v) is 6.81. The standard InChI is InChI=1S/C20H25N3O2/c1-14-5-4-6-16(9-14)10-17-7-8-23(13-19(17)25-3)20(24)18-12-21-11-15(2)22-18/h4-6,9,11-12,17,19H,7-8,10,13H2,1-3H3/t17-,19-/m1/s1. The maximum absolute atomic E-state index is 12.7. The molecule has 0 radical (unpaired) electrons. The topological polar surface area (TPSA) is 55.3 Å². The zero-order valence-electron chi connectivity index (χ0n) is 15.1. The summed E-state index contributed by atoms with van der Waals surface area (Å²) in [6.07, 6.45) is 5.14. The molecule has 1 aromatic carbocycles. The number of ether oxygens (including phenoxy) is 1. The zero-order valence-corrected chi connectivity index (χ0v) is 15.1. The average molecular weight is 339 g/mol. The minimum absolute atomic E-state index is 0.0379. The first-order chi connectivity index (χ1) is 12.1. The average Bonchev–Trinajstić information content (AvgIpc) is 2.61. The summed E-state index contributed by atoms with van der Waals surface area (Å²) >= 11 is 0. The van der Waals surface area contributed by atoms with E-state index in [4.69, 9.17) is 4.74 Å². The van der Waals surface area contributed by atoms with Crippen molar-refractivity contribution >= 4 is 5.91 Å². The lowest BCUT2D eigenvalue weighted by Gasteiger charge is -2.37. The third-order valence-corrected chi connectivity index (χ3v) is 4.84. The van der Waals surface area contributed by atoms with Crippen molar-refractivity contribution in [2.75, 3.05) is 20.2 Å². The molecule has 1 aromatic heterocycles. The van der Waals surface area contributed by atoms with E-state index in [2.05, 4.69) is 41.2 Å². The van der Waals surface area contributed by atoms with E-state index in [1.165, 1.54) is 17.3 Å². The van der Waals surface area contributed by atoms with Crippen molar-refractivity contribution in [3.05, 3.63) is 59.2 Å². The van der Waals surface area contributed by atoms with Gasteiger partial charge in [0.1, 0.15) is 5.69 Å². The maximum atomic E-state index is 12.7. The molecular formula is C20H25N3O2. The molecule has 25 heavy (non-hydrogen) atoms. The summed E-state index contributed by atoms with van der Waals surface area (Å²) in [5.41, 5.74) is 3.77. The predicted molar refractivity (Wildman–Crippen MR) is 96.5 cm³/mol. The van der Waals surface area contributed by atoms with E-state index in [1.807, 2.05) is 11.8 Å². The van der Waals surface area contributed by atoms with Crippen LogP contribution in [0.2, 0.25) is 0 Å². The molecule has 1 amide bonds. The van der Waals surface area contributed by atoms with Crippen molar-refractivity contribution in [3.8, 4) is 0 Å². The number of aromatic nitrogens is 2. The number of rotatable bonds is 4. The van der Waals surface area contributed by atoms with Gasteiger partial charge in [0.2, 0.25) is 0 Å². The van der Waals surface area contributed by atoms with Gasteiger partial charge in [-0.15, -0.1) is 0 Å². The van der Waals surface area contributed by atoms with Crippen molar-refractivity contribution in [2.45, 2.75) is 32.8 Å². The van der Waals surface area contributed by atoms with Crippen LogP contribution in [0.25, 0.3) is 0 Å². The Balaban J connectivity index is 1.68. The monoisotopic (exact) mass is 339 g/mol. The molecule has 0 bridgehead atoms. The van der Waals surface area contributed by atoms with E-state index in [-0.39, 0.29) is 12.0 Å². The van der Waals surface area contributed by atoms with Crippen LogP contribution in [0.5, 0.6) is 0 Å². The highest BCUT2D eigenvalue weighted by Gasteiger charge is 2.32. The Morgan fingerprint density at radius 2 is 2.16 bits per heavy atom. The van der Waals surface area contributed by atoms with Crippen LogP contribution in [0.4, 0.5) is 0 Å². The second-order valence-electron chi connectivity index (χ2n) is 6.81. The van der Waals surface area contributed by atoms with Crippen LogP contribution < -0.4 is 0 Å². The van der Waals surface area contributed by atoms with Crippen LogP contribution in [0.3, 0.4) is 0 Å². The molecule has 0 N–H and O–H groups in total. The van der Waals surface area contributed by atoms with Crippen molar-refractivity contribution in [3.63, 3.8) is 0 Å². The highest BCUT2D eigenvalue weighted by Crippen LogP contribution is 2.25. The molecule has 2 atom stereocenters. The summed E-state index contributed by atoms with van der Waals surface area (Å²) < 4.78 is 5.72. The first-order valence-electron chi connectivity index (χ1n) is 8.73. The Hall–Kier alpha value is -2.27. The van der Waals surface area contributed by atoms with Gasteiger partial charge in [-0.2, -0.15) is 0 Å². The third-order valence-electron chi connectivity index (χ3n) is 4.84. The Labute approximate surface area is 149 Å². The first kappa shape index (κ1) is 17.5. The van der Waals surface area contributed by atoms with E-state index in [0.29, 0.717) is 18.2 Å². The lowest BCUT2D eigenvalue weighted by Crippen LogP contribution is -2.48. The van der Waals surface area contributed by atoms with Crippen LogP contribution in [0.15, 0.2) is 36.7 Å². The van der Waals surface area contributed by atoms with E-state index < -0.39 is 0 Å². The van der Waals surface area contributed by atoms with Crippen molar-refractivity contribution < 1.29 is 9.53 Å². The van der Waals surface area contributed by atoms with Gasteiger partial charge in [-0.25, -0.2) is 4.98 Å². The van der Waals surface area contributed by atoms with Gasteiger partial charge in [-0.3, -0.25) is 9.78 Å². The summed E-state index contributed by atoms with van der Waals surface area (Å²) in [5, 5.41) is 0. The van der Waals surface area contributed by atoms with E-state index in [1.54, 1.807) is 13.3 Å². The highest BCUT2D eigenvalue weighted by atomic mass is 16.5. The number of carbonyl (C=O) groups excluding carboxylic acids is 1. The summed E-state index contributed by atoms with van der Waals surface area (Å²) in [6.45, 7) is 5.28. The number of hydrogen-bond acceptors (Lipinski definition) is 4. The number of nitrogens with zero attached hydrogens (tertiary/aromatic N) is 3. The summed E-state index contributed by atoms with van der Waals surface area (Å²) in [5.74, 6) is 0.353. The molecule has 1 aliphatic rings. The fourth-order valence-electron chi connectivity index (χ4n) is 3.52. The third kappa shape index (κ3) is 4.23. The van der Waals surface area contributed by atoms with Gasteiger partial charge in [0.25, 0.3) is 5.91 Å². The van der Waals surface area contributed by atoms with E-state index >= 15 is 0 Å². The summed E-state index contributed by atoms with van der Waals surface area (Å²) in [4.78, 5) is 22.9. The number of benzene rings is 1. The second kappa shape index (κ2) is 7.74. The lowest BCUT2D eigenvalue weighted by molar-refractivity contribution is -0.00718. The molecule has 2 heterocycles. The van der Waals surface area contributed by atoms with Crippen molar-refractivity contribution in [1.29, 1.82) is 0 Å². The zero-order chi connectivity index (χ0) is 17.8. The largest absolute Gasteiger partial charge is 0.379 e. The van der Waals surface area contributed by atoms with Gasteiger partial charge < -0.3 is 9.64 Å². The Morgan fingerprint density at radius 3 is 2.88 bits per heavy atom. The molecule has 2 aromatic rings. The Bertz CT molecular complexity index is 747. The van der Waals surface area contributed by atoms with Gasteiger partial charge in [-0.1, -0.05) is 29.8 Å². The molecule has 132 valence electrons. The van der Waals surface area contributed by atoms with E-state index in [9.17, 15) is 4.79 Å². The summed E-state index contributed by atoms with van der Waals surface area (Å²) in [6, 6.07) is 8.61. The van der Waals surface area contributed by atoms with Gasteiger partial charge in [0, 0.05) is 26.4 Å². The van der Waals surface area contributed by atoms with Gasteiger partial charge in [0.05, 0.1) is 18.0 Å². The van der Waals surface area contributed by atoms with Crippen LogP contribution >= 0.6 is 0 Å².